The summed E-state index contributed by atoms with van der Waals surface area (Å²) in [6, 6.07) is 6.34. The Morgan fingerprint density at radius 2 is 2.00 bits per heavy atom. The lowest BCUT2D eigenvalue weighted by molar-refractivity contribution is 0.183. The van der Waals surface area contributed by atoms with Crippen molar-refractivity contribution in [1.82, 2.24) is 4.90 Å². The van der Waals surface area contributed by atoms with Gasteiger partial charge in [0.05, 0.1) is 18.8 Å². The van der Waals surface area contributed by atoms with Crippen molar-refractivity contribution in [3.63, 3.8) is 0 Å². The minimum Gasteiger partial charge on any atom is -0.495 e. The molecule has 1 fully saturated rings. The molecule has 0 N–H and O–H groups in total. The topological polar surface area (TPSA) is 15.7 Å². The van der Waals surface area contributed by atoms with Crippen LogP contribution in [0.4, 0.5) is 10.1 Å². The third-order valence-electron chi connectivity index (χ3n) is 4.34. The van der Waals surface area contributed by atoms with Crippen LogP contribution < -0.4 is 9.64 Å². The van der Waals surface area contributed by atoms with Crippen molar-refractivity contribution >= 4 is 5.69 Å². The van der Waals surface area contributed by atoms with E-state index in [2.05, 4.69) is 48.8 Å². The SMILES string of the molecule is COc1cc(C(C)(C)C)ccc1N1CCN(C)C(CF)C1. The second-order valence-electron chi connectivity index (χ2n) is 6.87. The summed E-state index contributed by atoms with van der Waals surface area (Å²) in [5.74, 6) is 0.879. The predicted octanol–water partition coefficient (Wildman–Crippen LogP) is 3.08. The van der Waals surface area contributed by atoms with Crippen LogP contribution in [0.25, 0.3) is 0 Å². The van der Waals surface area contributed by atoms with Crippen molar-refractivity contribution in [1.29, 1.82) is 0 Å². The lowest BCUT2D eigenvalue weighted by Crippen LogP contribution is -2.52. The van der Waals surface area contributed by atoms with Gasteiger partial charge in [-0.15, -0.1) is 0 Å². The molecule has 1 aliphatic heterocycles. The van der Waals surface area contributed by atoms with E-state index in [1.165, 1.54) is 5.56 Å². The Bertz CT molecular complexity index is 484. The van der Waals surface area contributed by atoms with Crippen LogP contribution in [0.1, 0.15) is 26.3 Å². The van der Waals surface area contributed by atoms with E-state index < -0.39 is 0 Å². The Kier molecular flexibility index (Phi) is 4.77. The fraction of sp³-hybridized carbons (Fsp3) is 0.647. The molecular weight excluding hydrogens is 267 g/mol. The highest BCUT2D eigenvalue weighted by molar-refractivity contribution is 5.61. The molecule has 2 rings (SSSR count). The van der Waals surface area contributed by atoms with Gasteiger partial charge in [-0.1, -0.05) is 26.8 Å². The highest BCUT2D eigenvalue weighted by atomic mass is 19.1. The van der Waals surface area contributed by atoms with Crippen molar-refractivity contribution in [2.45, 2.75) is 32.2 Å². The van der Waals surface area contributed by atoms with Crippen molar-refractivity contribution in [2.24, 2.45) is 0 Å². The zero-order valence-corrected chi connectivity index (χ0v) is 13.8. The highest BCUT2D eigenvalue weighted by Gasteiger charge is 2.26. The number of ether oxygens (including phenoxy) is 1. The molecule has 3 nitrogen and oxygen atoms in total. The number of rotatable bonds is 3. The van der Waals surface area contributed by atoms with Gasteiger partial charge in [0.25, 0.3) is 0 Å². The van der Waals surface area contributed by atoms with E-state index in [4.69, 9.17) is 4.74 Å². The summed E-state index contributed by atoms with van der Waals surface area (Å²) in [7, 11) is 3.69. The number of likely N-dealkylation sites (N-methyl/N-ethyl adjacent to an activating group) is 1. The number of hydrogen-bond donors (Lipinski definition) is 0. The average Bonchev–Trinajstić information content (AvgIpc) is 2.46. The van der Waals surface area contributed by atoms with Crippen molar-refractivity contribution in [3.8, 4) is 5.75 Å². The molecule has 0 aliphatic carbocycles. The van der Waals surface area contributed by atoms with Gasteiger partial charge in [-0.25, -0.2) is 4.39 Å². The van der Waals surface area contributed by atoms with E-state index in [1.54, 1.807) is 7.11 Å². The van der Waals surface area contributed by atoms with Gasteiger partial charge in [0.2, 0.25) is 0 Å². The number of alkyl halides is 1. The zero-order valence-electron chi connectivity index (χ0n) is 13.8. The molecule has 1 unspecified atom stereocenters. The maximum absolute atomic E-state index is 13.1. The minimum atomic E-state index is -0.310. The molecule has 0 radical (unpaired) electrons. The maximum Gasteiger partial charge on any atom is 0.142 e. The summed E-state index contributed by atoms with van der Waals surface area (Å²) in [5.41, 5.74) is 2.41. The lowest BCUT2D eigenvalue weighted by Gasteiger charge is -2.40. The number of hydrogen-bond acceptors (Lipinski definition) is 3. The summed E-state index contributed by atoms with van der Waals surface area (Å²) in [4.78, 5) is 4.32. The Morgan fingerprint density at radius 1 is 1.29 bits per heavy atom. The standard InChI is InChI=1S/C17H27FN2O/c1-17(2,3)13-6-7-15(16(10-13)21-5)20-9-8-19(4)14(11-18)12-20/h6-7,10,14H,8-9,11-12H2,1-5H3. The molecule has 21 heavy (non-hydrogen) atoms. The molecule has 0 saturated carbocycles. The molecule has 1 heterocycles. The smallest absolute Gasteiger partial charge is 0.142 e. The normalized spacial score (nSPS) is 20.7. The summed E-state index contributed by atoms with van der Waals surface area (Å²) >= 11 is 0. The Balaban J connectivity index is 2.27. The first-order valence-electron chi connectivity index (χ1n) is 7.56. The fourth-order valence-corrected chi connectivity index (χ4v) is 2.74. The predicted molar refractivity (Wildman–Crippen MR) is 86.3 cm³/mol. The van der Waals surface area contributed by atoms with Crippen LogP contribution in [0.3, 0.4) is 0 Å². The van der Waals surface area contributed by atoms with E-state index in [0.717, 1.165) is 24.5 Å². The quantitative estimate of drug-likeness (QED) is 0.852. The van der Waals surface area contributed by atoms with Gasteiger partial charge in [-0.2, -0.15) is 0 Å². The first kappa shape index (κ1) is 16.1. The third kappa shape index (κ3) is 3.49. The third-order valence-corrected chi connectivity index (χ3v) is 4.34. The second kappa shape index (κ2) is 6.22. The molecule has 1 saturated heterocycles. The fourth-order valence-electron chi connectivity index (χ4n) is 2.74. The van der Waals surface area contributed by atoms with Crippen molar-refractivity contribution in [2.75, 3.05) is 45.4 Å². The van der Waals surface area contributed by atoms with Gasteiger partial charge in [0, 0.05) is 19.6 Å². The molecule has 1 aromatic carbocycles. The number of anilines is 1. The van der Waals surface area contributed by atoms with Gasteiger partial charge < -0.3 is 9.64 Å². The van der Waals surface area contributed by atoms with E-state index in [1.807, 2.05) is 7.05 Å². The number of halogens is 1. The molecule has 0 bridgehead atoms. The van der Waals surface area contributed by atoms with Crippen LogP contribution in [0.5, 0.6) is 5.75 Å². The highest BCUT2D eigenvalue weighted by Crippen LogP contribution is 2.34. The monoisotopic (exact) mass is 294 g/mol. The number of methoxy groups -OCH3 is 1. The van der Waals surface area contributed by atoms with Gasteiger partial charge in [-0.05, 0) is 30.2 Å². The first-order valence-corrected chi connectivity index (χ1v) is 7.56. The molecule has 0 spiro atoms. The summed E-state index contributed by atoms with van der Waals surface area (Å²) in [6.07, 6.45) is 0. The molecule has 118 valence electrons. The molecule has 1 aliphatic rings. The first-order chi connectivity index (χ1) is 9.86. The van der Waals surface area contributed by atoms with Gasteiger partial charge in [-0.3, -0.25) is 4.90 Å². The summed E-state index contributed by atoms with van der Waals surface area (Å²) in [5, 5.41) is 0. The van der Waals surface area contributed by atoms with Crippen LogP contribution in [-0.4, -0.2) is 51.4 Å². The average molecular weight is 294 g/mol. The second-order valence-corrected chi connectivity index (χ2v) is 6.87. The molecule has 1 atom stereocenters. The number of piperazine rings is 1. The Hall–Kier alpha value is -1.29. The Morgan fingerprint density at radius 3 is 2.57 bits per heavy atom. The van der Waals surface area contributed by atoms with E-state index in [0.29, 0.717) is 6.54 Å². The maximum atomic E-state index is 13.1. The summed E-state index contributed by atoms with van der Waals surface area (Å²) < 4.78 is 18.7. The van der Waals surface area contributed by atoms with Crippen LogP contribution in [0, 0.1) is 0 Å². The van der Waals surface area contributed by atoms with E-state index in [9.17, 15) is 4.39 Å². The molecule has 1 aromatic rings. The van der Waals surface area contributed by atoms with Crippen LogP contribution in [0.2, 0.25) is 0 Å². The number of nitrogens with zero attached hydrogens (tertiary/aromatic N) is 2. The van der Waals surface area contributed by atoms with E-state index in [-0.39, 0.29) is 18.1 Å². The van der Waals surface area contributed by atoms with Crippen LogP contribution >= 0.6 is 0 Å². The zero-order chi connectivity index (χ0) is 15.6. The molecule has 4 heteroatoms. The van der Waals surface area contributed by atoms with Crippen LogP contribution in [-0.2, 0) is 5.41 Å². The van der Waals surface area contributed by atoms with Gasteiger partial charge >= 0.3 is 0 Å². The molecule has 0 amide bonds. The van der Waals surface area contributed by atoms with Crippen LogP contribution in [0.15, 0.2) is 18.2 Å². The summed E-state index contributed by atoms with van der Waals surface area (Å²) in [6.45, 7) is 8.74. The molecule has 0 aromatic heterocycles. The Labute approximate surface area is 127 Å². The van der Waals surface area contributed by atoms with Gasteiger partial charge in [0.15, 0.2) is 0 Å². The van der Waals surface area contributed by atoms with E-state index >= 15 is 0 Å². The lowest BCUT2D eigenvalue weighted by atomic mass is 9.87. The van der Waals surface area contributed by atoms with Crippen molar-refractivity contribution in [3.05, 3.63) is 23.8 Å². The number of benzene rings is 1. The molecular formula is C17H27FN2O. The van der Waals surface area contributed by atoms with Crippen molar-refractivity contribution < 1.29 is 9.13 Å². The largest absolute Gasteiger partial charge is 0.495 e. The van der Waals surface area contributed by atoms with Gasteiger partial charge in [0.1, 0.15) is 12.4 Å². The minimum absolute atomic E-state index is 0.0363.